The van der Waals surface area contributed by atoms with Gasteiger partial charge in [-0.05, 0) is 73.0 Å². The molecule has 10 unspecified atom stereocenters. The van der Waals surface area contributed by atoms with Crippen LogP contribution in [0.15, 0.2) is 0 Å². The summed E-state index contributed by atoms with van der Waals surface area (Å²) in [7, 11) is 6.68. The van der Waals surface area contributed by atoms with Crippen LogP contribution >= 0.6 is 0 Å². The molecule has 0 bridgehead atoms. The molecule has 2 heterocycles. The van der Waals surface area contributed by atoms with E-state index in [0.29, 0.717) is 36.0 Å². The number of fused-ring (bicyclic) bond motifs is 1. The molecule has 2 saturated carbocycles. The number of rotatable bonds is 6. The lowest BCUT2D eigenvalue weighted by Crippen LogP contribution is -2.61. The molecule has 2 aliphatic heterocycles. The number of hydrogen-bond donors (Lipinski definition) is 2. The van der Waals surface area contributed by atoms with E-state index >= 15 is 0 Å². The van der Waals surface area contributed by atoms with E-state index in [1.165, 1.54) is 12.8 Å². The zero-order valence-electron chi connectivity index (χ0n) is 21.7. The molecular weight excluding hydrogens is 416 g/mol. The molecule has 0 aromatic carbocycles. The average Bonchev–Trinajstić information content (AvgIpc) is 2.82. The lowest BCUT2D eigenvalue weighted by molar-refractivity contribution is -0.233. The van der Waals surface area contributed by atoms with E-state index in [1.807, 2.05) is 0 Å². The molecule has 0 radical (unpaired) electrons. The summed E-state index contributed by atoms with van der Waals surface area (Å²) >= 11 is 0. The molecule has 0 aromatic heterocycles. The zero-order chi connectivity index (χ0) is 23.7. The van der Waals surface area contributed by atoms with Crippen molar-refractivity contribution < 1.29 is 14.6 Å². The third-order valence-electron chi connectivity index (χ3n) is 9.72. The van der Waals surface area contributed by atoms with Crippen molar-refractivity contribution in [2.75, 3.05) is 47.4 Å². The number of morpholine rings is 1. The first-order chi connectivity index (χ1) is 15.8. The number of aliphatic hydroxyl groups excluding tert-OH is 1. The summed E-state index contributed by atoms with van der Waals surface area (Å²) in [6.45, 7) is 8.07. The van der Waals surface area contributed by atoms with Crippen LogP contribution in [0.3, 0.4) is 0 Å². The summed E-state index contributed by atoms with van der Waals surface area (Å²) in [4.78, 5) is 7.35. The number of nitrogens with two attached hydrogens (primary N) is 1. The van der Waals surface area contributed by atoms with Crippen LogP contribution in [0.25, 0.3) is 0 Å². The van der Waals surface area contributed by atoms with Crippen molar-refractivity contribution in [3.05, 3.63) is 0 Å². The molecule has 0 spiro atoms. The number of nitrogens with zero attached hydrogens (tertiary/aromatic N) is 3. The Hall–Kier alpha value is -0.280. The molecule has 7 nitrogen and oxygen atoms in total. The van der Waals surface area contributed by atoms with Crippen LogP contribution in [0.5, 0.6) is 0 Å². The summed E-state index contributed by atoms with van der Waals surface area (Å²) in [6.07, 6.45) is 7.50. The Balaban J connectivity index is 1.54. The number of aliphatic hydroxyl groups is 1. The Kier molecular flexibility index (Phi) is 8.75. The summed E-state index contributed by atoms with van der Waals surface area (Å²) in [5.41, 5.74) is 6.36. The minimum Gasteiger partial charge on any atom is -0.393 e. The molecule has 7 heteroatoms. The van der Waals surface area contributed by atoms with Crippen molar-refractivity contribution in [1.82, 2.24) is 14.7 Å². The first-order valence-electron chi connectivity index (χ1n) is 13.6. The lowest BCUT2D eigenvalue weighted by Gasteiger charge is -2.54. The fourth-order valence-corrected chi connectivity index (χ4v) is 7.17. The maximum absolute atomic E-state index is 11.4. The van der Waals surface area contributed by atoms with E-state index in [1.54, 1.807) is 0 Å². The molecule has 4 rings (SSSR count). The van der Waals surface area contributed by atoms with Crippen LogP contribution in [0.4, 0.5) is 0 Å². The standard InChI is InChI=1S/C26H50N4O3/c1-17(28(3)4)19-13-22(18(2)29(5)21-8-6-7-20(27)15-21)26-23(14-19)24(31)16-25(33-26)30-9-11-32-12-10-30/h17-26,31H,6-16,27H2,1-5H3. The summed E-state index contributed by atoms with van der Waals surface area (Å²) in [5, 5.41) is 11.4. The van der Waals surface area contributed by atoms with E-state index < -0.39 is 0 Å². The zero-order valence-corrected chi connectivity index (χ0v) is 21.7. The predicted molar refractivity (Wildman–Crippen MR) is 132 cm³/mol. The molecule has 0 amide bonds. The van der Waals surface area contributed by atoms with Crippen molar-refractivity contribution in [3.63, 3.8) is 0 Å². The van der Waals surface area contributed by atoms with E-state index in [4.69, 9.17) is 15.2 Å². The van der Waals surface area contributed by atoms with Crippen molar-refractivity contribution in [2.45, 2.75) is 101 Å². The smallest absolute Gasteiger partial charge is 0.113 e. The van der Waals surface area contributed by atoms with Crippen molar-refractivity contribution >= 4 is 0 Å². The van der Waals surface area contributed by atoms with E-state index in [9.17, 15) is 5.11 Å². The highest BCUT2D eigenvalue weighted by Crippen LogP contribution is 2.46. The van der Waals surface area contributed by atoms with Gasteiger partial charge in [0, 0.05) is 55.5 Å². The number of ether oxygens (including phenoxy) is 2. The van der Waals surface area contributed by atoms with Crippen molar-refractivity contribution in [3.8, 4) is 0 Å². The van der Waals surface area contributed by atoms with Gasteiger partial charge >= 0.3 is 0 Å². The molecule has 0 aromatic rings. The largest absolute Gasteiger partial charge is 0.393 e. The molecule has 10 atom stereocenters. The van der Waals surface area contributed by atoms with Gasteiger partial charge in [0.15, 0.2) is 0 Å². The molecule has 4 aliphatic rings. The van der Waals surface area contributed by atoms with Gasteiger partial charge in [0.2, 0.25) is 0 Å². The average molecular weight is 467 g/mol. The summed E-state index contributed by atoms with van der Waals surface area (Å²) in [6, 6.07) is 1.79. The SMILES string of the molecule is CC(C1CC2C(O)CC(N3CCOCC3)OC2C(C(C)N(C)C2CCCC(N)C2)C1)N(C)C. The first-order valence-corrected chi connectivity index (χ1v) is 13.6. The predicted octanol–water partition coefficient (Wildman–Crippen LogP) is 1.98. The second kappa shape index (κ2) is 11.2. The molecule has 33 heavy (non-hydrogen) atoms. The highest BCUT2D eigenvalue weighted by atomic mass is 16.5. The normalized spacial score (nSPS) is 42.8. The maximum atomic E-state index is 11.4. The van der Waals surface area contributed by atoms with Crippen molar-refractivity contribution in [1.29, 1.82) is 0 Å². The second-order valence-corrected chi connectivity index (χ2v) is 11.8. The lowest BCUT2D eigenvalue weighted by atomic mass is 9.65. The van der Waals surface area contributed by atoms with Crippen LogP contribution in [0, 0.1) is 17.8 Å². The first kappa shape index (κ1) is 25.8. The third kappa shape index (κ3) is 5.76. The van der Waals surface area contributed by atoms with Gasteiger partial charge < -0.3 is 30.1 Å². The molecule has 3 N–H and O–H groups in total. The van der Waals surface area contributed by atoms with Crippen molar-refractivity contribution in [2.24, 2.45) is 23.5 Å². The fraction of sp³-hybridized carbons (Fsp3) is 1.00. The Morgan fingerprint density at radius 1 is 0.970 bits per heavy atom. The molecular formula is C26H50N4O3. The van der Waals surface area contributed by atoms with Gasteiger partial charge in [-0.2, -0.15) is 0 Å². The van der Waals surface area contributed by atoms with Gasteiger partial charge in [-0.15, -0.1) is 0 Å². The van der Waals surface area contributed by atoms with Gasteiger partial charge in [-0.1, -0.05) is 6.42 Å². The quantitative estimate of drug-likeness (QED) is 0.620. The number of hydrogen-bond acceptors (Lipinski definition) is 7. The fourth-order valence-electron chi connectivity index (χ4n) is 7.17. The summed E-state index contributed by atoms with van der Waals surface area (Å²) in [5.74, 6) is 1.21. The van der Waals surface area contributed by atoms with Gasteiger partial charge in [0.1, 0.15) is 6.23 Å². The van der Waals surface area contributed by atoms with Crippen LogP contribution in [-0.2, 0) is 9.47 Å². The monoisotopic (exact) mass is 466 g/mol. The van der Waals surface area contributed by atoms with Crippen LogP contribution in [-0.4, -0.2) is 110 Å². The Labute approximate surface area is 201 Å². The molecule has 192 valence electrons. The highest BCUT2D eigenvalue weighted by Gasteiger charge is 2.50. The van der Waals surface area contributed by atoms with Crippen LogP contribution in [0.1, 0.15) is 58.8 Å². The maximum Gasteiger partial charge on any atom is 0.113 e. The van der Waals surface area contributed by atoms with Gasteiger partial charge in [-0.3, -0.25) is 4.90 Å². The van der Waals surface area contributed by atoms with E-state index in [0.717, 1.165) is 58.4 Å². The minimum absolute atomic E-state index is 0.0103. The van der Waals surface area contributed by atoms with E-state index in [2.05, 4.69) is 49.7 Å². The highest BCUT2D eigenvalue weighted by molar-refractivity contribution is 5.00. The Morgan fingerprint density at radius 2 is 1.70 bits per heavy atom. The van der Waals surface area contributed by atoms with Crippen LogP contribution < -0.4 is 5.73 Å². The molecule has 4 fully saturated rings. The molecule has 2 saturated heterocycles. The van der Waals surface area contributed by atoms with E-state index in [-0.39, 0.29) is 24.4 Å². The van der Waals surface area contributed by atoms with Gasteiger partial charge in [0.25, 0.3) is 0 Å². The van der Waals surface area contributed by atoms with Gasteiger partial charge in [-0.25, -0.2) is 0 Å². The van der Waals surface area contributed by atoms with Gasteiger partial charge in [0.05, 0.1) is 25.4 Å². The van der Waals surface area contributed by atoms with Crippen LogP contribution in [0.2, 0.25) is 0 Å². The second-order valence-electron chi connectivity index (χ2n) is 11.8. The summed E-state index contributed by atoms with van der Waals surface area (Å²) < 4.78 is 12.5. The Morgan fingerprint density at radius 3 is 2.36 bits per heavy atom. The minimum atomic E-state index is -0.295. The Bertz CT molecular complexity index is 616. The topological polar surface area (TPSA) is 74.4 Å². The third-order valence-corrected chi connectivity index (χ3v) is 9.72. The molecule has 2 aliphatic carbocycles.